The van der Waals surface area contributed by atoms with Crippen LogP contribution in [0.15, 0.2) is 42.5 Å². The fourth-order valence-electron chi connectivity index (χ4n) is 4.07. The van der Waals surface area contributed by atoms with E-state index in [1.807, 2.05) is 17.0 Å². The molecule has 0 saturated heterocycles. The smallest absolute Gasteiger partial charge is 0.270 e. The molecule has 4 rings (SSSR count). The van der Waals surface area contributed by atoms with Gasteiger partial charge in [-0.05, 0) is 49.1 Å². The van der Waals surface area contributed by atoms with Gasteiger partial charge < -0.3 is 10.2 Å². The molecule has 28 heavy (non-hydrogen) atoms. The van der Waals surface area contributed by atoms with Crippen molar-refractivity contribution in [1.82, 2.24) is 0 Å². The number of fused-ring (bicyclic) bond motifs is 1. The van der Waals surface area contributed by atoms with Crippen molar-refractivity contribution in [3.63, 3.8) is 0 Å². The molecule has 1 saturated carbocycles. The van der Waals surface area contributed by atoms with Gasteiger partial charge in [-0.3, -0.25) is 19.7 Å². The van der Waals surface area contributed by atoms with Gasteiger partial charge in [0.1, 0.15) is 0 Å². The number of nitro benzene ring substituents is 1. The van der Waals surface area contributed by atoms with E-state index in [9.17, 15) is 19.7 Å². The van der Waals surface area contributed by atoms with E-state index >= 15 is 0 Å². The minimum absolute atomic E-state index is 0.123. The van der Waals surface area contributed by atoms with E-state index in [1.165, 1.54) is 24.3 Å². The van der Waals surface area contributed by atoms with Crippen LogP contribution in [0.4, 0.5) is 17.1 Å². The van der Waals surface area contributed by atoms with Gasteiger partial charge in [-0.25, -0.2) is 0 Å². The van der Waals surface area contributed by atoms with Crippen LogP contribution in [0.1, 0.15) is 41.6 Å². The number of carbonyl (C=O) groups excluding carboxylic acids is 2. The number of rotatable bonds is 4. The third-order valence-electron chi connectivity index (χ3n) is 5.52. The molecule has 7 heteroatoms. The van der Waals surface area contributed by atoms with Crippen molar-refractivity contribution in [2.24, 2.45) is 5.92 Å². The Labute approximate surface area is 162 Å². The SMILES string of the molecule is O=C(Nc1ccc2c(c1)CCN2C(=O)C1CCCC1)c1cccc([N+](=O)[O-])c1. The summed E-state index contributed by atoms with van der Waals surface area (Å²) in [5.74, 6) is -0.0515. The number of non-ortho nitro benzene ring substituents is 1. The molecule has 7 nitrogen and oxygen atoms in total. The zero-order valence-electron chi connectivity index (χ0n) is 15.4. The lowest BCUT2D eigenvalue weighted by Crippen LogP contribution is -2.33. The Balaban J connectivity index is 1.49. The highest BCUT2D eigenvalue weighted by Gasteiger charge is 2.31. The summed E-state index contributed by atoms with van der Waals surface area (Å²) in [5, 5.41) is 13.7. The van der Waals surface area contributed by atoms with Crippen LogP contribution in [0, 0.1) is 16.0 Å². The lowest BCUT2D eigenvalue weighted by molar-refractivity contribution is -0.384. The Morgan fingerprint density at radius 1 is 1.11 bits per heavy atom. The molecule has 0 unspecified atom stereocenters. The van der Waals surface area contributed by atoms with E-state index in [0.717, 1.165) is 43.4 Å². The molecule has 0 bridgehead atoms. The molecule has 0 aromatic heterocycles. The summed E-state index contributed by atoms with van der Waals surface area (Å²) in [7, 11) is 0. The van der Waals surface area contributed by atoms with Gasteiger partial charge in [0, 0.05) is 41.5 Å². The van der Waals surface area contributed by atoms with Crippen LogP contribution in [0.25, 0.3) is 0 Å². The van der Waals surface area contributed by atoms with Crippen LogP contribution in [0.2, 0.25) is 0 Å². The quantitative estimate of drug-likeness (QED) is 0.643. The van der Waals surface area contributed by atoms with Crippen molar-refractivity contribution in [2.45, 2.75) is 32.1 Å². The summed E-state index contributed by atoms with van der Waals surface area (Å²) in [6, 6.07) is 11.2. The molecule has 1 N–H and O–H groups in total. The van der Waals surface area contributed by atoms with Crippen molar-refractivity contribution >= 4 is 28.9 Å². The molecule has 0 radical (unpaired) electrons. The third kappa shape index (κ3) is 3.47. The second kappa shape index (κ2) is 7.42. The van der Waals surface area contributed by atoms with E-state index in [0.29, 0.717) is 12.2 Å². The fraction of sp³-hybridized carbons (Fsp3) is 0.333. The summed E-state index contributed by atoms with van der Waals surface area (Å²) in [5.41, 5.74) is 2.68. The summed E-state index contributed by atoms with van der Waals surface area (Å²) in [6.07, 6.45) is 4.96. The van der Waals surface area contributed by atoms with Gasteiger partial charge >= 0.3 is 0 Å². The van der Waals surface area contributed by atoms with Crippen molar-refractivity contribution in [3.05, 3.63) is 63.7 Å². The number of nitrogens with one attached hydrogen (secondary N) is 1. The Morgan fingerprint density at radius 2 is 1.89 bits per heavy atom. The van der Waals surface area contributed by atoms with Gasteiger partial charge in [0.2, 0.25) is 5.91 Å². The summed E-state index contributed by atoms with van der Waals surface area (Å²) < 4.78 is 0. The van der Waals surface area contributed by atoms with Gasteiger partial charge in [0.25, 0.3) is 11.6 Å². The van der Waals surface area contributed by atoms with Gasteiger partial charge in [-0.15, -0.1) is 0 Å². The normalized spacial score (nSPS) is 16.1. The molecule has 2 aromatic carbocycles. The fourth-order valence-corrected chi connectivity index (χ4v) is 4.07. The van der Waals surface area contributed by atoms with Gasteiger partial charge in [0.05, 0.1) is 4.92 Å². The maximum Gasteiger partial charge on any atom is 0.270 e. The molecule has 0 atom stereocenters. The first kappa shape index (κ1) is 18.2. The predicted molar refractivity (Wildman–Crippen MR) is 106 cm³/mol. The number of anilines is 2. The molecule has 2 aromatic rings. The first-order chi connectivity index (χ1) is 13.5. The average Bonchev–Trinajstić information content (AvgIpc) is 3.37. The number of nitrogens with zero attached hydrogens (tertiary/aromatic N) is 2. The molecule has 2 amide bonds. The first-order valence-electron chi connectivity index (χ1n) is 9.53. The molecular weight excluding hydrogens is 358 g/mol. The molecule has 144 valence electrons. The topological polar surface area (TPSA) is 92.6 Å². The molecular formula is C21H21N3O4. The van der Waals surface area contributed by atoms with Crippen molar-refractivity contribution in [2.75, 3.05) is 16.8 Å². The summed E-state index contributed by atoms with van der Waals surface area (Å²) in [6.45, 7) is 0.674. The van der Waals surface area contributed by atoms with Crippen LogP contribution >= 0.6 is 0 Å². The number of carbonyl (C=O) groups is 2. The van der Waals surface area contributed by atoms with Crippen molar-refractivity contribution in [3.8, 4) is 0 Å². The van der Waals surface area contributed by atoms with Gasteiger partial charge in [-0.2, -0.15) is 0 Å². The van der Waals surface area contributed by atoms with Crippen LogP contribution in [-0.4, -0.2) is 23.3 Å². The number of hydrogen-bond acceptors (Lipinski definition) is 4. The van der Waals surface area contributed by atoms with Gasteiger partial charge in [-0.1, -0.05) is 18.9 Å². The minimum Gasteiger partial charge on any atom is -0.322 e. The van der Waals surface area contributed by atoms with E-state index in [-0.39, 0.29) is 23.1 Å². The maximum absolute atomic E-state index is 12.7. The van der Waals surface area contributed by atoms with E-state index in [1.54, 1.807) is 6.07 Å². The van der Waals surface area contributed by atoms with E-state index in [2.05, 4.69) is 5.32 Å². The van der Waals surface area contributed by atoms with Crippen molar-refractivity contribution < 1.29 is 14.5 Å². The Bertz CT molecular complexity index is 950. The monoisotopic (exact) mass is 379 g/mol. The maximum atomic E-state index is 12.7. The van der Waals surface area contributed by atoms with E-state index < -0.39 is 10.8 Å². The van der Waals surface area contributed by atoms with Crippen LogP contribution in [0.3, 0.4) is 0 Å². The number of amides is 2. The van der Waals surface area contributed by atoms with Gasteiger partial charge in [0.15, 0.2) is 0 Å². The molecule has 1 aliphatic carbocycles. The van der Waals surface area contributed by atoms with Crippen LogP contribution in [0.5, 0.6) is 0 Å². The second-order valence-corrected chi connectivity index (χ2v) is 7.33. The van der Waals surface area contributed by atoms with Crippen molar-refractivity contribution in [1.29, 1.82) is 0 Å². The third-order valence-corrected chi connectivity index (χ3v) is 5.52. The Kier molecular flexibility index (Phi) is 4.81. The second-order valence-electron chi connectivity index (χ2n) is 7.33. The molecule has 0 spiro atoms. The first-order valence-corrected chi connectivity index (χ1v) is 9.53. The molecule has 1 fully saturated rings. The lowest BCUT2D eigenvalue weighted by Gasteiger charge is -2.21. The highest BCUT2D eigenvalue weighted by atomic mass is 16.6. The highest BCUT2D eigenvalue weighted by Crippen LogP contribution is 2.35. The number of hydrogen-bond donors (Lipinski definition) is 1. The van der Waals surface area contributed by atoms with E-state index in [4.69, 9.17) is 0 Å². The zero-order chi connectivity index (χ0) is 19.7. The predicted octanol–water partition coefficient (Wildman–Crippen LogP) is 3.93. The zero-order valence-corrected chi connectivity index (χ0v) is 15.4. The Morgan fingerprint density at radius 3 is 2.64 bits per heavy atom. The Hall–Kier alpha value is -3.22. The average molecular weight is 379 g/mol. The lowest BCUT2D eigenvalue weighted by atomic mass is 10.1. The highest BCUT2D eigenvalue weighted by molar-refractivity contribution is 6.05. The van der Waals surface area contributed by atoms with Crippen LogP contribution < -0.4 is 10.2 Å². The largest absolute Gasteiger partial charge is 0.322 e. The number of nitro groups is 1. The summed E-state index contributed by atoms with van der Waals surface area (Å²) in [4.78, 5) is 37.4. The number of benzene rings is 2. The standard InChI is InChI=1S/C21H21N3O4/c25-20(16-6-3-7-18(13-16)24(27)28)22-17-8-9-19-15(12-17)10-11-23(19)21(26)14-4-1-2-5-14/h3,6-9,12-14H,1-2,4-5,10-11H2,(H,22,25). The minimum atomic E-state index is -0.526. The molecule has 1 heterocycles. The molecule has 2 aliphatic rings. The molecule has 1 aliphatic heterocycles. The van der Waals surface area contributed by atoms with Crippen LogP contribution in [-0.2, 0) is 11.2 Å². The summed E-state index contributed by atoms with van der Waals surface area (Å²) >= 11 is 0.